The summed E-state index contributed by atoms with van der Waals surface area (Å²) < 4.78 is 0. The minimum Gasteiger partial charge on any atom is -0.359 e. The number of carbonyl (C=O) groups excluding carboxylic acids is 2. The third-order valence-corrected chi connectivity index (χ3v) is 3.89. The number of guanidine groups is 1. The minimum absolute atomic E-state index is 0.0264. The van der Waals surface area contributed by atoms with Crippen LogP contribution in [0.25, 0.3) is 0 Å². The third kappa shape index (κ3) is 6.45. The highest BCUT2D eigenvalue weighted by molar-refractivity contribution is 5.94. The van der Waals surface area contributed by atoms with Crippen LogP contribution >= 0.6 is 0 Å². The Kier molecular flexibility index (Phi) is 7.91. The Morgan fingerprint density at radius 1 is 1.12 bits per heavy atom. The average molecular weight is 347 g/mol. The van der Waals surface area contributed by atoms with E-state index < -0.39 is 5.41 Å². The maximum absolute atomic E-state index is 11.8. The smallest absolute Gasteiger partial charge is 0.251 e. The first-order chi connectivity index (χ1) is 11.8. The molecule has 0 radical (unpaired) electrons. The average Bonchev–Trinajstić information content (AvgIpc) is 2.63. The molecule has 0 aliphatic rings. The molecule has 0 atom stereocenters. The molecule has 0 unspecified atom stereocenters. The standard InChI is InChI=1S/C18H29N5O2/c1-18(2,16(25)20-4)12-23-17(21-5)22-10-9-13-7-6-8-14(11-13)15(24)19-3/h6-8,11H,9-10,12H2,1-5H3,(H,19,24)(H,20,25)(H2,21,22,23). The predicted molar refractivity (Wildman–Crippen MR) is 101 cm³/mol. The number of nitrogens with zero attached hydrogens (tertiary/aromatic N) is 1. The highest BCUT2D eigenvalue weighted by Crippen LogP contribution is 2.12. The van der Waals surface area contributed by atoms with Crippen LogP contribution in [-0.4, -0.2) is 52.0 Å². The number of carbonyl (C=O) groups is 2. The van der Waals surface area contributed by atoms with E-state index in [1.54, 1.807) is 27.2 Å². The van der Waals surface area contributed by atoms with Crippen molar-refractivity contribution in [3.05, 3.63) is 35.4 Å². The van der Waals surface area contributed by atoms with E-state index in [2.05, 4.69) is 26.3 Å². The number of hydrogen-bond donors (Lipinski definition) is 4. The van der Waals surface area contributed by atoms with Crippen molar-refractivity contribution in [3.63, 3.8) is 0 Å². The van der Waals surface area contributed by atoms with Gasteiger partial charge in [0.15, 0.2) is 5.96 Å². The number of nitrogens with one attached hydrogen (secondary N) is 4. The lowest BCUT2D eigenvalue weighted by Crippen LogP contribution is -2.47. The Labute approximate surface area is 149 Å². The molecule has 0 aromatic heterocycles. The van der Waals surface area contributed by atoms with Gasteiger partial charge in [-0.05, 0) is 38.0 Å². The van der Waals surface area contributed by atoms with Gasteiger partial charge in [0, 0.05) is 39.8 Å². The van der Waals surface area contributed by atoms with Crippen molar-refractivity contribution in [2.75, 3.05) is 34.2 Å². The highest BCUT2D eigenvalue weighted by atomic mass is 16.2. The van der Waals surface area contributed by atoms with Crippen molar-refractivity contribution in [1.29, 1.82) is 0 Å². The number of amides is 2. The Hall–Kier alpha value is -2.57. The SMILES string of the molecule is CN=C(NCCc1cccc(C(=O)NC)c1)NCC(C)(C)C(=O)NC. The maximum atomic E-state index is 11.8. The van der Waals surface area contributed by atoms with E-state index in [9.17, 15) is 9.59 Å². The van der Waals surface area contributed by atoms with E-state index in [0.29, 0.717) is 24.6 Å². The molecule has 0 saturated heterocycles. The molecule has 0 heterocycles. The first kappa shape index (κ1) is 20.5. The molecule has 0 fully saturated rings. The van der Waals surface area contributed by atoms with E-state index in [-0.39, 0.29) is 11.8 Å². The van der Waals surface area contributed by atoms with Gasteiger partial charge in [0.25, 0.3) is 5.91 Å². The molecule has 1 aromatic carbocycles. The number of aliphatic imine (C=N–C) groups is 1. The van der Waals surface area contributed by atoms with Crippen molar-refractivity contribution in [3.8, 4) is 0 Å². The quantitative estimate of drug-likeness (QED) is 0.427. The van der Waals surface area contributed by atoms with E-state index in [0.717, 1.165) is 12.0 Å². The van der Waals surface area contributed by atoms with Crippen molar-refractivity contribution in [2.24, 2.45) is 10.4 Å². The molecule has 4 N–H and O–H groups in total. The summed E-state index contributed by atoms with van der Waals surface area (Å²) in [6.45, 7) is 4.88. The van der Waals surface area contributed by atoms with E-state index in [1.807, 2.05) is 32.0 Å². The molecule has 0 spiro atoms. The number of rotatable bonds is 7. The normalized spacial score (nSPS) is 11.6. The van der Waals surface area contributed by atoms with Gasteiger partial charge in [-0.1, -0.05) is 12.1 Å². The second-order valence-corrected chi connectivity index (χ2v) is 6.35. The molecule has 1 aromatic rings. The minimum atomic E-state index is -0.534. The van der Waals surface area contributed by atoms with Crippen LogP contribution in [0.1, 0.15) is 29.8 Å². The summed E-state index contributed by atoms with van der Waals surface area (Å²) in [5.74, 6) is 0.518. The second-order valence-electron chi connectivity index (χ2n) is 6.35. The molecule has 7 heteroatoms. The van der Waals surface area contributed by atoms with Gasteiger partial charge in [-0.3, -0.25) is 14.6 Å². The first-order valence-electron chi connectivity index (χ1n) is 8.31. The Bertz CT molecular complexity index is 626. The van der Waals surface area contributed by atoms with Crippen LogP contribution in [0.15, 0.2) is 29.3 Å². The Morgan fingerprint density at radius 2 is 1.84 bits per heavy atom. The van der Waals surface area contributed by atoms with E-state index >= 15 is 0 Å². The van der Waals surface area contributed by atoms with E-state index in [4.69, 9.17) is 0 Å². The molecule has 0 bridgehead atoms. The third-order valence-electron chi connectivity index (χ3n) is 3.89. The molecule has 0 saturated carbocycles. The van der Waals surface area contributed by atoms with Gasteiger partial charge in [-0.25, -0.2) is 0 Å². The fourth-order valence-electron chi connectivity index (χ4n) is 2.28. The van der Waals surface area contributed by atoms with Crippen LogP contribution in [0.3, 0.4) is 0 Å². The fourth-order valence-corrected chi connectivity index (χ4v) is 2.28. The second kappa shape index (κ2) is 9.66. The number of hydrogen-bond acceptors (Lipinski definition) is 3. The molecular weight excluding hydrogens is 318 g/mol. The molecule has 138 valence electrons. The topological polar surface area (TPSA) is 94.6 Å². The molecular formula is C18H29N5O2. The van der Waals surface area contributed by atoms with Gasteiger partial charge in [-0.15, -0.1) is 0 Å². The largest absolute Gasteiger partial charge is 0.359 e. The Morgan fingerprint density at radius 3 is 2.44 bits per heavy atom. The van der Waals surface area contributed by atoms with Crippen molar-refractivity contribution in [2.45, 2.75) is 20.3 Å². The lowest BCUT2D eigenvalue weighted by molar-refractivity contribution is -0.128. The molecule has 0 aliphatic carbocycles. The van der Waals surface area contributed by atoms with Crippen molar-refractivity contribution in [1.82, 2.24) is 21.3 Å². The summed E-state index contributed by atoms with van der Waals surface area (Å²) in [6, 6.07) is 7.53. The fraction of sp³-hybridized carbons (Fsp3) is 0.500. The van der Waals surface area contributed by atoms with Crippen molar-refractivity contribution >= 4 is 17.8 Å². The van der Waals surface area contributed by atoms with Crippen LogP contribution in [0, 0.1) is 5.41 Å². The zero-order valence-corrected chi connectivity index (χ0v) is 15.7. The zero-order valence-electron chi connectivity index (χ0n) is 15.7. The summed E-state index contributed by atoms with van der Waals surface area (Å²) in [7, 11) is 4.94. The summed E-state index contributed by atoms with van der Waals surface area (Å²) >= 11 is 0. The molecule has 2 amide bonds. The Balaban J connectivity index is 2.51. The highest BCUT2D eigenvalue weighted by Gasteiger charge is 2.26. The molecule has 25 heavy (non-hydrogen) atoms. The van der Waals surface area contributed by atoms with Gasteiger partial charge in [0.2, 0.25) is 5.91 Å². The van der Waals surface area contributed by atoms with Crippen LogP contribution < -0.4 is 21.3 Å². The summed E-state index contributed by atoms with van der Waals surface area (Å²) in [4.78, 5) is 27.6. The summed E-state index contributed by atoms with van der Waals surface area (Å²) in [5, 5.41) is 11.7. The lowest BCUT2D eigenvalue weighted by atomic mass is 9.92. The zero-order chi connectivity index (χ0) is 18.9. The van der Waals surface area contributed by atoms with Gasteiger partial charge in [-0.2, -0.15) is 0 Å². The van der Waals surface area contributed by atoms with Gasteiger partial charge in [0.05, 0.1) is 5.41 Å². The molecule has 1 rings (SSSR count). The molecule has 7 nitrogen and oxygen atoms in total. The van der Waals surface area contributed by atoms with Gasteiger partial charge < -0.3 is 21.3 Å². The van der Waals surface area contributed by atoms with Gasteiger partial charge >= 0.3 is 0 Å². The van der Waals surface area contributed by atoms with Crippen LogP contribution in [0.2, 0.25) is 0 Å². The molecule has 0 aliphatic heterocycles. The van der Waals surface area contributed by atoms with E-state index in [1.165, 1.54) is 0 Å². The van der Waals surface area contributed by atoms with Crippen LogP contribution in [-0.2, 0) is 11.2 Å². The van der Waals surface area contributed by atoms with Crippen LogP contribution in [0.5, 0.6) is 0 Å². The predicted octanol–water partition coefficient (Wildman–Crippen LogP) is 0.526. The number of benzene rings is 1. The maximum Gasteiger partial charge on any atom is 0.251 e. The summed E-state index contributed by atoms with van der Waals surface area (Å²) in [6.07, 6.45) is 0.754. The monoisotopic (exact) mass is 347 g/mol. The summed E-state index contributed by atoms with van der Waals surface area (Å²) in [5.41, 5.74) is 1.18. The lowest BCUT2D eigenvalue weighted by Gasteiger charge is -2.24. The van der Waals surface area contributed by atoms with Crippen molar-refractivity contribution < 1.29 is 9.59 Å². The van der Waals surface area contributed by atoms with Gasteiger partial charge in [0.1, 0.15) is 0 Å². The van der Waals surface area contributed by atoms with Crippen LogP contribution in [0.4, 0.5) is 0 Å². The first-order valence-corrected chi connectivity index (χ1v) is 8.31.